The van der Waals surface area contributed by atoms with Crippen LogP contribution in [-0.2, 0) is 15.7 Å². The summed E-state index contributed by atoms with van der Waals surface area (Å²) in [6.07, 6.45) is 14.0. The summed E-state index contributed by atoms with van der Waals surface area (Å²) in [5, 5.41) is 0. The molecule has 0 heterocycles. The van der Waals surface area contributed by atoms with E-state index in [1.807, 2.05) is 0 Å². The van der Waals surface area contributed by atoms with E-state index in [2.05, 4.69) is 24.3 Å². The molecule has 0 aromatic rings. The van der Waals surface area contributed by atoms with Gasteiger partial charge in [0.15, 0.2) is 0 Å². The van der Waals surface area contributed by atoms with Crippen molar-refractivity contribution in [3.63, 3.8) is 0 Å². The molecule has 3 heteroatoms. The zero-order chi connectivity index (χ0) is 8.36. The standard InChI is InChI=1S/C8H12.2ClH.Ir/c1-2-4-6-8-7-5-3-1;;;/h1-2,7-8H,3-6H2;2*1H;/q;;;+1/p-2. The summed E-state index contributed by atoms with van der Waals surface area (Å²) in [4.78, 5) is 0. The molecule has 1 rings (SSSR count). The molecule has 1 aliphatic rings. The Morgan fingerprint density at radius 2 is 0.909 bits per heavy atom. The Kier molecular flexibility index (Phi) is 11.4. The van der Waals surface area contributed by atoms with Crippen LogP contribution < -0.4 is 0 Å². The van der Waals surface area contributed by atoms with E-state index in [4.69, 9.17) is 19.2 Å². The first-order valence-corrected chi connectivity index (χ1v) is 9.49. The van der Waals surface area contributed by atoms with Gasteiger partial charge in [0.2, 0.25) is 0 Å². The molecule has 1 aliphatic carbocycles. The molecular weight excluding hydrogens is 359 g/mol. The van der Waals surface area contributed by atoms with E-state index in [0.29, 0.717) is 0 Å². The van der Waals surface area contributed by atoms with Gasteiger partial charge in [0.05, 0.1) is 0 Å². The van der Waals surface area contributed by atoms with Gasteiger partial charge in [0.25, 0.3) is 0 Å². The van der Waals surface area contributed by atoms with Crippen LogP contribution in [0.3, 0.4) is 0 Å². The Labute approximate surface area is 84.6 Å². The molecular formula is C8H12Cl2Ir-. The van der Waals surface area contributed by atoms with Gasteiger partial charge in [-0.2, -0.15) is 0 Å². The first kappa shape index (κ1) is 11.7. The zero-order valence-electron chi connectivity index (χ0n) is 6.23. The molecule has 0 spiro atoms. The summed E-state index contributed by atoms with van der Waals surface area (Å²) in [7, 11) is 9.78. The fourth-order valence-corrected chi connectivity index (χ4v) is 0.856. The average Bonchev–Trinajstić information content (AvgIpc) is 1.86. The van der Waals surface area contributed by atoms with Crippen LogP contribution >= 0.6 is 19.2 Å². The van der Waals surface area contributed by atoms with Gasteiger partial charge >= 0.3 is 34.8 Å². The van der Waals surface area contributed by atoms with E-state index in [9.17, 15) is 0 Å². The normalized spacial score (nSPS) is 16.5. The minimum atomic E-state index is -0.556. The molecule has 68 valence electrons. The van der Waals surface area contributed by atoms with Crippen LogP contribution in [0.2, 0.25) is 0 Å². The third-order valence-corrected chi connectivity index (χ3v) is 1.33. The van der Waals surface area contributed by atoms with Crippen molar-refractivity contribution in [3.05, 3.63) is 24.3 Å². The molecule has 0 aromatic carbocycles. The van der Waals surface area contributed by atoms with Crippen molar-refractivity contribution >= 4 is 19.2 Å². The second-order valence-corrected chi connectivity index (χ2v) is 5.61. The van der Waals surface area contributed by atoms with Crippen LogP contribution in [0.4, 0.5) is 0 Å². The third-order valence-electron chi connectivity index (χ3n) is 1.33. The van der Waals surface area contributed by atoms with Gasteiger partial charge in [-0.05, 0) is 25.7 Å². The van der Waals surface area contributed by atoms with Crippen molar-refractivity contribution in [3.8, 4) is 0 Å². The summed E-state index contributed by atoms with van der Waals surface area (Å²) in [6, 6.07) is 0. The second kappa shape index (κ2) is 10.7. The zero-order valence-corrected chi connectivity index (χ0v) is 10.1. The van der Waals surface area contributed by atoms with Crippen molar-refractivity contribution < 1.29 is 15.7 Å². The first-order valence-electron chi connectivity index (χ1n) is 3.55. The molecule has 0 aromatic heterocycles. The van der Waals surface area contributed by atoms with Gasteiger partial charge in [0, 0.05) is 0 Å². The van der Waals surface area contributed by atoms with E-state index >= 15 is 0 Å². The van der Waals surface area contributed by atoms with Crippen molar-refractivity contribution in [2.24, 2.45) is 0 Å². The molecule has 0 atom stereocenters. The monoisotopic (exact) mass is 371 g/mol. The maximum atomic E-state index is 4.89. The van der Waals surface area contributed by atoms with Gasteiger partial charge < -0.3 is 0 Å². The molecule has 0 N–H and O–H groups in total. The number of halogens is 2. The van der Waals surface area contributed by atoms with E-state index in [0.717, 1.165) is 0 Å². The SMILES string of the molecule is C1=CCCC=CCC1.[Cl][Ir-][Cl]. The Bertz CT molecular complexity index is 95.3. The Hall–Kier alpha value is 0.709. The fourth-order valence-electron chi connectivity index (χ4n) is 0.856. The molecule has 0 bridgehead atoms. The van der Waals surface area contributed by atoms with Gasteiger partial charge in [-0.15, -0.1) is 0 Å². The maximum absolute atomic E-state index is 4.89. The number of hydrogen-bond donors (Lipinski definition) is 0. The number of hydrogen-bond acceptors (Lipinski definition) is 0. The van der Waals surface area contributed by atoms with Crippen LogP contribution in [0.25, 0.3) is 0 Å². The summed E-state index contributed by atoms with van der Waals surface area (Å²) in [6.45, 7) is 0. The van der Waals surface area contributed by atoms with Crippen molar-refractivity contribution in [1.29, 1.82) is 0 Å². The van der Waals surface area contributed by atoms with Crippen LogP contribution in [0, 0.1) is 0 Å². The van der Waals surface area contributed by atoms with Crippen molar-refractivity contribution in [2.75, 3.05) is 0 Å². The Balaban J connectivity index is 0.000000292. The molecule has 0 saturated heterocycles. The van der Waals surface area contributed by atoms with E-state index in [1.165, 1.54) is 25.7 Å². The Morgan fingerprint density at radius 3 is 1.09 bits per heavy atom. The quantitative estimate of drug-likeness (QED) is 0.564. The van der Waals surface area contributed by atoms with Gasteiger partial charge in [-0.25, -0.2) is 0 Å². The molecule has 0 radical (unpaired) electrons. The minimum absolute atomic E-state index is 0.556. The van der Waals surface area contributed by atoms with Crippen LogP contribution in [-0.4, -0.2) is 0 Å². The summed E-state index contributed by atoms with van der Waals surface area (Å²) in [5.41, 5.74) is 0. The molecule has 0 amide bonds. The molecule has 0 aliphatic heterocycles. The van der Waals surface area contributed by atoms with Crippen LogP contribution in [0.5, 0.6) is 0 Å². The van der Waals surface area contributed by atoms with Crippen LogP contribution in [0.15, 0.2) is 24.3 Å². The molecule has 11 heavy (non-hydrogen) atoms. The summed E-state index contributed by atoms with van der Waals surface area (Å²) < 4.78 is 0. The van der Waals surface area contributed by atoms with E-state index in [-0.39, 0.29) is 0 Å². The topological polar surface area (TPSA) is 0 Å². The van der Waals surface area contributed by atoms with Crippen LogP contribution in [0.1, 0.15) is 25.7 Å². The third kappa shape index (κ3) is 10.7. The predicted octanol–water partition coefficient (Wildman–Crippen LogP) is 4.05. The Morgan fingerprint density at radius 1 is 0.727 bits per heavy atom. The summed E-state index contributed by atoms with van der Waals surface area (Å²) in [5.74, 6) is 0. The number of allylic oxidation sites excluding steroid dienone is 4. The van der Waals surface area contributed by atoms with E-state index < -0.39 is 15.7 Å². The van der Waals surface area contributed by atoms with Gasteiger partial charge in [0.1, 0.15) is 0 Å². The molecule has 0 nitrogen and oxygen atoms in total. The first-order chi connectivity index (χ1) is 5.41. The van der Waals surface area contributed by atoms with E-state index in [1.54, 1.807) is 0 Å². The van der Waals surface area contributed by atoms with Gasteiger partial charge in [-0.3, -0.25) is 0 Å². The van der Waals surface area contributed by atoms with Crippen molar-refractivity contribution in [1.82, 2.24) is 0 Å². The molecule has 0 unspecified atom stereocenters. The number of rotatable bonds is 0. The molecule has 0 fully saturated rings. The summed E-state index contributed by atoms with van der Waals surface area (Å²) >= 11 is -0.556. The second-order valence-electron chi connectivity index (χ2n) is 2.15. The van der Waals surface area contributed by atoms with Crippen molar-refractivity contribution in [2.45, 2.75) is 25.7 Å². The predicted molar refractivity (Wildman–Crippen MR) is 48.5 cm³/mol. The fraction of sp³-hybridized carbons (Fsp3) is 0.500. The average molecular weight is 371 g/mol. The molecule has 0 saturated carbocycles. The van der Waals surface area contributed by atoms with Gasteiger partial charge in [-0.1, -0.05) is 24.3 Å².